The minimum atomic E-state index is -0.252. The van der Waals surface area contributed by atoms with Gasteiger partial charge in [-0.15, -0.1) is 5.10 Å². The largest absolute Gasteiger partial charge is 0.508 e. The predicted molar refractivity (Wildman–Crippen MR) is 136 cm³/mol. The highest BCUT2D eigenvalue weighted by Gasteiger charge is 2.33. The van der Waals surface area contributed by atoms with Crippen molar-refractivity contribution in [2.75, 3.05) is 7.11 Å². The zero-order chi connectivity index (χ0) is 25.4. The van der Waals surface area contributed by atoms with Gasteiger partial charge in [0.1, 0.15) is 23.6 Å². The lowest BCUT2D eigenvalue weighted by molar-refractivity contribution is 0.125. The topological polar surface area (TPSA) is 103 Å². The summed E-state index contributed by atoms with van der Waals surface area (Å²) >= 11 is 0. The molecule has 0 unspecified atom stereocenters. The van der Waals surface area contributed by atoms with E-state index in [-0.39, 0.29) is 18.3 Å². The lowest BCUT2D eigenvalue weighted by atomic mass is 9.84. The summed E-state index contributed by atoms with van der Waals surface area (Å²) in [5, 5.41) is 18.8. The van der Waals surface area contributed by atoms with E-state index in [1.54, 1.807) is 30.1 Å². The molecule has 9 nitrogen and oxygen atoms in total. The van der Waals surface area contributed by atoms with Crippen LogP contribution in [0.3, 0.4) is 0 Å². The van der Waals surface area contributed by atoms with Gasteiger partial charge in [-0.05, 0) is 36.2 Å². The number of phenolic OH excluding ortho intramolecular Hbond substituents is 1. The third kappa shape index (κ3) is 4.20. The number of rotatable bonds is 6. The molecule has 0 spiro atoms. The molecule has 9 heteroatoms. The Morgan fingerprint density at radius 3 is 2.68 bits per heavy atom. The van der Waals surface area contributed by atoms with Crippen LogP contribution in [-0.4, -0.2) is 37.5 Å². The average molecular weight is 494 g/mol. The Bertz CT molecular complexity index is 1610. The first-order chi connectivity index (χ1) is 18.1. The third-order valence-corrected chi connectivity index (χ3v) is 6.27. The zero-order valence-corrected chi connectivity index (χ0v) is 20.2. The van der Waals surface area contributed by atoms with Gasteiger partial charge in [0, 0.05) is 17.5 Å². The monoisotopic (exact) mass is 493 g/mol. The molecule has 5 aromatic rings. The highest BCUT2D eigenvalue weighted by molar-refractivity contribution is 5.98. The molecule has 0 saturated carbocycles. The normalized spacial score (nSPS) is 14.5. The van der Waals surface area contributed by atoms with Gasteiger partial charge >= 0.3 is 0 Å². The molecule has 0 radical (unpaired) electrons. The van der Waals surface area contributed by atoms with Gasteiger partial charge in [0.05, 0.1) is 18.4 Å². The molecule has 0 fully saturated rings. The minimum Gasteiger partial charge on any atom is -0.508 e. The smallest absolute Gasteiger partial charge is 0.228 e. The Hall–Kier alpha value is -4.92. The number of hydrogen-bond donors (Lipinski definition) is 1. The second-order valence-corrected chi connectivity index (χ2v) is 8.61. The highest BCUT2D eigenvalue weighted by atomic mass is 16.6. The average Bonchev–Trinajstić information content (AvgIpc) is 3.35. The Balaban J connectivity index is 1.39. The van der Waals surface area contributed by atoms with E-state index in [2.05, 4.69) is 15.2 Å². The maximum Gasteiger partial charge on any atom is 0.228 e. The van der Waals surface area contributed by atoms with Gasteiger partial charge in [-0.2, -0.15) is 0 Å². The molecule has 3 heterocycles. The van der Waals surface area contributed by atoms with Crippen molar-refractivity contribution in [3.63, 3.8) is 0 Å². The molecule has 0 aliphatic carbocycles. The van der Waals surface area contributed by atoms with Crippen LogP contribution in [0.4, 0.5) is 0 Å². The van der Waals surface area contributed by atoms with Gasteiger partial charge in [0.25, 0.3) is 0 Å². The van der Waals surface area contributed by atoms with Crippen LogP contribution >= 0.6 is 0 Å². The van der Waals surface area contributed by atoms with E-state index < -0.39 is 0 Å². The molecule has 37 heavy (non-hydrogen) atoms. The minimum absolute atomic E-state index is 0.0964. The van der Waals surface area contributed by atoms with Crippen molar-refractivity contribution >= 4 is 11.4 Å². The number of benzene rings is 3. The van der Waals surface area contributed by atoms with Crippen molar-refractivity contribution in [2.24, 2.45) is 5.16 Å². The maximum absolute atomic E-state index is 10.1. The van der Waals surface area contributed by atoms with Crippen molar-refractivity contribution in [1.82, 2.24) is 19.6 Å². The number of ether oxygens (including phenoxy) is 2. The van der Waals surface area contributed by atoms with Crippen molar-refractivity contribution in [3.05, 3.63) is 107 Å². The Morgan fingerprint density at radius 1 is 1.08 bits per heavy atom. The van der Waals surface area contributed by atoms with Gasteiger partial charge in [0.15, 0.2) is 18.1 Å². The number of methoxy groups -OCH3 is 1. The number of aromatic nitrogens is 4. The Kier molecular flexibility index (Phi) is 5.65. The van der Waals surface area contributed by atoms with Crippen molar-refractivity contribution in [2.45, 2.75) is 19.4 Å². The van der Waals surface area contributed by atoms with E-state index in [1.807, 2.05) is 67.6 Å². The van der Waals surface area contributed by atoms with Crippen LogP contribution in [0.1, 0.15) is 40.9 Å². The molecule has 1 N–H and O–H groups in total. The van der Waals surface area contributed by atoms with E-state index in [0.717, 1.165) is 33.7 Å². The number of aromatic hydroxyl groups is 1. The number of phenols is 1. The number of fused-ring (bicyclic) bond motifs is 4. The van der Waals surface area contributed by atoms with E-state index >= 15 is 0 Å². The molecule has 3 aromatic carbocycles. The summed E-state index contributed by atoms with van der Waals surface area (Å²) in [6, 6.07) is 22.7. The number of nitrogens with zero attached hydrogens (tertiary/aromatic N) is 5. The van der Waals surface area contributed by atoms with E-state index in [1.165, 1.54) is 0 Å². The highest BCUT2D eigenvalue weighted by Crippen LogP contribution is 2.48. The maximum atomic E-state index is 10.1. The molecule has 184 valence electrons. The molecule has 0 bridgehead atoms. The lowest BCUT2D eigenvalue weighted by Crippen LogP contribution is -2.15. The molecular formula is C28H23N5O4. The summed E-state index contributed by atoms with van der Waals surface area (Å²) in [5.74, 6) is 2.03. The fourth-order valence-electron chi connectivity index (χ4n) is 4.47. The van der Waals surface area contributed by atoms with Gasteiger partial charge in [-0.25, -0.2) is 14.5 Å². The standard InChI is InChI=1S/C28H23N5O4/c1-17(18-6-4-3-5-7-18)32-36-15-24-30-27-26-25(19-8-11-21(35-2)12-9-19)22-13-10-20(34)14-23(22)37-28(26)29-16-33(27)31-24/h3-14,16,25,34H,15H2,1-2H3/b32-17+/t25-/m0/s1. The summed E-state index contributed by atoms with van der Waals surface area (Å²) in [4.78, 5) is 14.8. The lowest BCUT2D eigenvalue weighted by Gasteiger charge is -2.28. The van der Waals surface area contributed by atoms with Crippen LogP contribution in [0.2, 0.25) is 0 Å². The van der Waals surface area contributed by atoms with E-state index in [9.17, 15) is 5.11 Å². The second-order valence-electron chi connectivity index (χ2n) is 8.61. The van der Waals surface area contributed by atoms with Crippen LogP contribution in [0.25, 0.3) is 5.65 Å². The first-order valence-corrected chi connectivity index (χ1v) is 11.7. The predicted octanol–water partition coefficient (Wildman–Crippen LogP) is 5.07. The summed E-state index contributed by atoms with van der Waals surface area (Å²) < 4.78 is 13.1. The fraction of sp³-hybridized carbons (Fsp3) is 0.143. The van der Waals surface area contributed by atoms with Crippen molar-refractivity contribution < 1.29 is 19.4 Å². The van der Waals surface area contributed by atoms with Crippen LogP contribution in [-0.2, 0) is 11.4 Å². The Morgan fingerprint density at radius 2 is 1.89 bits per heavy atom. The molecule has 1 aliphatic heterocycles. The zero-order valence-electron chi connectivity index (χ0n) is 20.2. The van der Waals surface area contributed by atoms with Crippen LogP contribution < -0.4 is 9.47 Å². The summed E-state index contributed by atoms with van der Waals surface area (Å²) in [5.41, 5.74) is 5.00. The fourth-order valence-corrected chi connectivity index (χ4v) is 4.47. The molecular weight excluding hydrogens is 470 g/mol. The van der Waals surface area contributed by atoms with Gasteiger partial charge < -0.3 is 19.4 Å². The SMILES string of the molecule is COc1ccc([C@H]2c3ccc(O)cc3Oc3ncn4nc(CO/N=C(\C)c5ccccc5)nc4c32)cc1. The Labute approximate surface area is 212 Å². The number of hydrogen-bond acceptors (Lipinski definition) is 8. The third-order valence-electron chi connectivity index (χ3n) is 6.27. The second kappa shape index (κ2) is 9.27. The summed E-state index contributed by atoms with van der Waals surface area (Å²) in [6.45, 7) is 1.98. The first-order valence-electron chi connectivity index (χ1n) is 11.7. The molecule has 0 amide bonds. The molecule has 6 rings (SSSR count). The van der Waals surface area contributed by atoms with Gasteiger partial charge in [0.2, 0.25) is 5.88 Å². The summed E-state index contributed by atoms with van der Waals surface area (Å²) in [7, 11) is 1.63. The van der Waals surface area contributed by atoms with Gasteiger partial charge in [-0.1, -0.05) is 53.7 Å². The van der Waals surface area contributed by atoms with Crippen LogP contribution in [0, 0.1) is 0 Å². The van der Waals surface area contributed by atoms with Crippen LogP contribution in [0.5, 0.6) is 23.1 Å². The summed E-state index contributed by atoms with van der Waals surface area (Å²) in [6.07, 6.45) is 1.56. The molecule has 1 atom stereocenters. The van der Waals surface area contributed by atoms with Gasteiger partial charge in [-0.3, -0.25) is 0 Å². The first kappa shape index (κ1) is 22.5. The molecule has 1 aliphatic rings. The molecule has 2 aromatic heterocycles. The van der Waals surface area contributed by atoms with E-state index in [0.29, 0.717) is 23.1 Å². The van der Waals surface area contributed by atoms with Crippen LogP contribution in [0.15, 0.2) is 84.3 Å². The van der Waals surface area contributed by atoms with E-state index in [4.69, 9.17) is 19.3 Å². The van der Waals surface area contributed by atoms with Crippen molar-refractivity contribution in [3.8, 4) is 23.1 Å². The van der Waals surface area contributed by atoms with Crippen molar-refractivity contribution in [1.29, 1.82) is 0 Å². The quantitative estimate of drug-likeness (QED) is 0.255. The number of oxime groups is 1. The molecule has 0 saturated heterocycles.